The van der Waals surface area contributed by atoms with Gasteiger partial charge in [0.1, 0.15) is 0 Å². The molecule has 1 aliphatic heterocycles. The Morgan fingerprint density at radius 3 is 2.48 bits per heavy atom. The number of carbonyl (C=O) groups is 2. The maximum atomic E-state index is 13.8. The van der Waals surface area contributed by atoms with E-state index < -0.39 is 0 Å². The van der Waals surface area contributed by atoms with Crippen LogP contribution in [0.1, 0.15) is 52.0 Å². The summed E-state index contributed by atoms with van der Waals surface area (Å²) in [5.41, 5.74) is 7.25. The minimum absolute atomic E-state index is 0.0111. The van der Waals surface area contributed by atoms with E-state index in [-0.39, 0.29) is 17.7 Å². The lowest BCUT2D eigenvalue weighted by molar-refractivity contribution is -0.125. The standard InChI is InChI=1S/C28H29N3O2/c1-18-7-9-19(10-8-18)17-21-11-12-23-25(22-5-3-4-6-24(22)30-26(21)23)28(33)31-15-13-20(14-16-31)27(32)29-2/h3-10,17,20H,11-16H2,1-2H3,(H,29,32)/b21-17-. The molecule has 168 valence electrons. The van der Waals surface area contributed by atoms with Gasteiger partial charge in [0.15, 0.2) is 0 Å². The van der Waals surface area contributed by atoms with Gasteiger partial charge in [-0.1, -0.05) is 48.0 Å². The fraction of sp³-hybridized carbons (Fsp3) is 0.321. The van der Waals surface area contributed by atoms with Crippen LogP contribution in [0.25, 0.3) is 22.6 Å². The molecule has 1 aromatic heterocycles. The van der Waals surface area contributed by atoms with E-state index in [4.69, 9.17) is 4.98 Å². The molecule has 5 heteroatoms. The zero-order chi connectivity index (χ0) is 22.9. The van der Waals surface area contributed by atoms with Crippen LogP contribution < -0.4 is 5.32 Å². The first-order chi connectivity index (χ1) is 16.0. The number of rotatable bonds is 3. The zero-order valence-electron chi connectivity index (χ0n) is 19.2. The van der Waals surface area contributed by atoms with Crippen LogP contribution in [-0.2, 0) is 11.2 Å². The number of nitrogens with zero attached hydrogens (tertiary/aromatic N) is 2. The normalized spacial score (nSPS) is 17.4. The Morgan fingerprint density at radius 2 is 1.76 bits per heavy atom. The highest BCUT2D eigenvalue weighted by Crippen LogP contribution is 2.38. The first kappa shape index (κ1) is 21.4. The van der Waals surface area contributed by atoms with Crippen molar-refractivity contribution in [2.45, 2.75) is 32.6 Å². The van der Waals surface area contributed by atoms with E-state index in [1.807, 2.05) is 29.2 Å². The maximum absolute atomic E-state index is 13.8. The fourth-order valence-corrected chi connectivity index (χ4v) is 5.09. The van der Waals surface area contributed by atoms with E-state index in [2.05, 4.69) is 42.6 Å². The third-order valence-corrected chi connectivity index (χ3v) is 6.97. The van der Waals surface area contributed by atoms with E-state index in [1.165, 1.54) is 11.1 Å². The van der Waals surface area contributed by atoms with Crippen molar-refractivity contribution in [3.05, 3.63) is 76.5 Å². The van der Waals surface area contributed by atoms with Crippen molar-refractivity contribution in [2.24, 2.45) is 5.92 Å². The van der Waals surface area contributed by atoms with Crippen LogP contribution in [0.4, 0.5) is 0 Å². The van der Waals surface area contributed by atoms with Crippen LogP contribution in [0.3, 0.4) is 0 Å². The predicted molar refractivity (Wildman–Crippen MR) is 132 cm³/mol. The van der Waals surface area contributed by atoms with Gasteiger partial charge < -0.3 is 10.2 Å². The minimum Gasteiger partial charge on any atom is -0.359 e. The topological polar surface area (TPSA) is 62.3 Å². The molecule has 5 nitrogen and oxygen atoms in total. The minimum atomic E-state index is -0.0111. The number of fused-ring (bicyclic) bond motifs is 2. The summed E-state index contributed by atoms with van der Waals surface area (Å²) in [6, 6.07) is 16.4. The average molecular weight is 440 g/mol. The number of allylic oxidation sites excluding steroid dienone is 1. The molecular weight excluding hydrogens is 410 g/mol. The molecule has 0 atom stereocenters. The second kappa shape index (κ2) is 8.81. The Labute approximate surface area is 194 Å². The van der Waals surface area contributed by atoms with E-state index in [9.17, 15) is 9.59 Å². The van der Waals surface area contributed by atoms with Crippen LogP contribution in [0.15, 0.2) is 48.5 Å². The SMILES string of the molecule is CNC(=O)C1CCN(C(=O)c2c3c(nc4ccccc24)/C(=C\c2ccc(C)cc2)CC3)CC1. The molecule has 1 fully saturated rings. The fourth-order valence-electron chi connectivity index (χ4n) is 5.09. The number of carbonyl (C=O) groups excluding carboxylic acids is 2. The molecule has 5 rings (SSSR count). The van der Waals surface area contributed by atoms with Crippen molar-refractivity contribution in [1.29, 1.82) is 0 Å². The van der Waals surface area contributed by atoms with Crippen LogP contribution >= 0.6 is 0 Å². The van der Waals surface area contributed by atoms with Gasteiger partial charge in [0, 0.05) is 31.4 Å². The van der Waals surface area contributed by atoms with Crippen molar-refractivity contribution in [1.82, 2.24) is 15.2 Å². The number of benzene rings is 2. The van der Waals surface area contributed by atoms with Crippen LogP contribution in [-0.4, -0.2) is 41.8 Å². The summed E-state index contributed by atoms with van der Waals surface area (Å²) in [6.07, 6.45) is 5.31. The molecule has 0 bridgehead atoms. The van der Waals surface area contributed by atoms with E-state index in [0.29, 0.717) is 25.9 Å². The summed E-state index contributed by atoms with van der Waals surface area (Å²) in [4.78, 5) is 32.7. The van der Waals surface area contributed by atoms with Crippen molar-refractivity contribution >= 4 is 34.4 Å². The number of nitrogens with one attached hydrogen (secondary N) is 1. The predicted octanol–water partition coefficient (Wildman–Crippen LogP) is 4.63. The van der Waals surface area contributed by atoms with E-state index in [0.717, 1.165) is 46.1 Å². The Kier molecular flexibility index (Phi) is 5.71. The third kappa shape index (κ3) is 4.04. The number of pyridine rings is 1. The lowest BCUT2D eigenvalue weighted by Crippen LogP contribution is -2.42. The second-order valence-electron chi connectivity index (χ2n) is 9.09. The van der Waals surface area contributed by atoms with Crippen molar-refractivity contribution < 1.29 is 9.59 Å². The monoisotopic (exact) mass is 439 g/mol. The molecule has 0 spiro atoms. The molecule has 0 saturated carbocycles. The first-order valence-corrected chi connectivity index (χ1v) is 11.7. The second-order valence-corrected chi connectivity index (χ2v) is 9.09. The van der Waals surface area contributed by atoms with Gasteiger partial charge in [-0.2, -0.15) is 0 Å². The van der Waals surface area contributed by atoms with E-state index >= 15 is 0 Å². The van der Waals surface area contributed by atoms with Gasteiger partial charge in [0.2, 0.25) is 5.91 Å². The Hall–Kier alpha value is -3.47. The summed E-state index contributed by atoms with van der Waals surface area (Å²) < 4.78 is 0. The van der Waals surface area contributed by atoms with Crippen molar-refractivity contribution in [3.63, 3.8) is 0 Å². The summed E-state index contributed by atoms with van der Waals surface area (Å²) in [6.45, 7) is 3.30. The number of para-hydroxylation sites is 1. The van der Waals surface area contributed by atoms with Gasteiger partial charge in [0.25, 0.3) is 5.91 Å². The maximum Gasteiger partial charge on any atom is 0.254 e. The van der Waals surface area contributed by atoms with Gasteiger partial charge in [-0.05, 0) is 61.4 Å². The Balaban J connectivity index is 1.53. The molecule has 2 heterocycles. The quantitative estimate of drug-likeness (QED) is 0.647. The van der Waals surface area contributed by atoms with Gasteiger partial charge in [-0.15, -0.1) is 0 Å². The molecule has 0 radical (unpaired) electrons. The van der Waals surface area contributed by atoms with Gasteiger partial charge in [-0.3, -0.25) is 9.59 Å². The van der Waals surface area contributed by atoms with Crippen LogP contribution in [0.2, 0.25) is 0 Å². The highest BCUT2D eigenvalue weighted by molar-refractivity contribution is 6.09. The number of likely N-dealkylation sites (tertiary alicyclic amines) is 1. The largest absolute Gasteiger partial charge is 0.359 e. The van der Waals surface area contributed by atoms with Gasteiger partial charge in [-0.25, -0.2) is 4.98 Å². The molecule has 2 aliphatic rings. The summed E-state index contributed by atoms with van der Waals surface area (Å²) in [5.74, 6) is 0.128. The van der Waals surface area contributed by atoms with Crippen LogP contribution in [0, 0.1) is 12.8 Å². The Bertz CT molecular complexity index is 1250. The van der Waals surface area contributed by atoms with Gasteiger partial charge in [0.05, 0.1) is 16.8 Å². The molecular formula is C28H29N3O2. The van der Waals surface area contributed by atoms with Crippen molar-refractivity contribution in [3.8, 4) is 0 Å². The molecule has 0 unspecified atom stereocenters. The number of amides is 2. The summed E-state index contributed by atoms with van der Waals surface area (Å²) >= 11 is 0. The lowest BCUT2D eigenvalue weighted by atomic mass is 9.94. The summed E-state index contributed by atoms with van der Waals surface area (Å²) in [5, 5.41) is 3.66. The van der Waals surface area contributed by atoms with Gasteiger partial charge >= 0.3 is 0 Å². The molecule has 1 N–H and O–H groups in total. The van der Waals surface area contributed by atoms with E-state index in [1.54, 1.807) is 7.05 Å². The number of piperidine rings is 1. The molecule has 3 aromatic rings. The lowest BCUT2D eigenvalue weighted by Gasteiger charge is -2.32. The number of aromatic nitrogens is 1. The smallest absolute Gasteiger partial charge is 0.254 e. The molecule has 1 aliphatic carbocycles. The zero-order valence-corrected chi connectivity index (χ0v) is 19.2. The number of hydrogen-bond acceptors (Lipinski definition) is 3. The number of aryl methyl sites for hydroxylation is 1. The molecule has 1 saturated heterocycles. The first-order valence-electron chi connectivity index (χ1n) is 11.7. The molecule has 33 heavy (non-hydrogen) atoms. The average Bonchev–Trinajstić information content (AvgIpc) is 3.25. The van der Waals surface area contributed by atoms with Crippen molar-refractivity contribution in [2.75, 3.05) is 20.1 Å². The highest BCUT2D eigenvalue weighted by atomic mass is 16.2. The Morgan fingerprint density at radius 1 is 1.03 bits per heavy atom. The van der Waals surface area contributed by atoms with Crippen LogP contribution in [0.5, 0.6) is 0 Å². The molecule has 2 aromatic carbocycles. The highest BCUT2D eigenvalue weighted by Gasteiger charge is 2.32. The molecule has 2 amide bonds. The number of hydrogen-bond donors (Lipinski definition) is 1. The third-order valence-electron chi connectivity index (χ3n) is 6.97. The summed E-state index contributed by atoms with van der Waals surface area (Å²) in [7, 11) is 1.67.